The molecule has 1 unspecified atom stereocenters. The van der Waals surface area contributed by atoms with E-state index in [0.29, 0.717) is 24.0 Å². The minimum atomic E-state index is -0.218. The number of fused-ring (bicyclic) bond motifs is 1. The Hall–Kier alpha value is -2.74. The van der Waals surface area contributed by atoms with Crippen molar-refractivity contribution in [2.45, 2.75) is 19.4 Å². The second-order valence-electron chi connectivity index (χ2n) is 7.45. The average molecular weight is 383 g/mol. The van der Waals surface area contributed by atoms with E-state index in [2.05, 4.69) is 10.3 Å². The van der Waals surface area contributed by atoms with E-state index in [-0.39, 0.29) is 29.8 Å². The second kappa shape index (κ2) is 8.10. The Morgan fingerprint density at radius 1 is 1.11 bits per heavy atom. The van der Waals surface area contributed by atoms with Crippen molar-refractivity contribution in [1.29, 1.82) is 0 Å². The monoisotopic (exact) mass is 383 g/mol. The quantitative estimate of drug-likeness (QED) is 0.810. The third-order valence-corrected chi connectivity index (χ3v) is 5.59. The van der Waals surface area contributed by atoms with Crippen LogP contribution in [0.3, 0.4) is 0 Å². The molecule has 2 aromatic rings. The Morgan fingerprint density at radius 2 is 1.89 bits per heavy atom. The van der Waals surface area contributed by atoms with Gasteiger partial charge in [-0.3, -0.25) is 19.0 Å². The smallest absolute Gasteiger partial charge is 0.261 e. The zero-order valence-corrected chi connectivity index (χ0v) is 15.8. The van der Waals surface area contributed by atoms with Crippen LogP contribution in [0.1, 0.15) is 12.8 Å². The first kappa shape index (κ1) is 18.6. The number of piperazine rings is 1. The molecule has 2 aliphatic rings. The standard InChI is InChI=1S/C20H25N5O3/c26-18(13-25-14-22-17-6-2-1-5-16(17)20(25)28)24-9-3-4-15(12-24)19(27)23-10-7-21-8-11-23/h1-2,5-6,14-15,21H,3-4,7-13H2. The number of carbonyl (C=O) groups excluding carboxylic acids is 2. The van der Waals surface area contributed by atoms with Crippen LogP contribution >= 0.6 is 0 Å². The van der Waals surface area contributed by atoms with Gasteiger partial charge in [-0.15, -0.1) is 0 Å². The predicted molar refractivity (Wildman–Crippen MR) is 105 cm³/mol. The Labute approximate surface area is 163 Å². The maximum absolute atomic E-state index is 12.8. The van der Waals surface area contributed by atoms with Gasteiger partial charge >= 0.3 is 0 Å². The number of aromatic nitrogens is 2. The van der Waals surface area contributed by atoms with Crippen LogP contribution in [0.2, 0.25) is 0 Å². The van der Waals surface area contributed by atoms with Crippen molar-refractivity contribution in [3.05, 3.63) is 40.9 Å². The molecule has 1 atom stereocenters. The van der Waals surface area contributed by atoms with Gasteiger partial charge < -0.3 is 15.1 Å². The van der Waals surface area contributed by atoms with Crippen LogP contribution in [-0.4, -0.2) is 70.4 Å². The molecule has 0 bridgehead atoms. The summed E-state index contributed by atoms with van der Waals surface area (Å²) in [6.07, 6.45) is 3.04. The summed E-state index contributed by atoms with van der Waals surface area (Å²) >= 11 is 0. The molecule has 8 heteroatoms. The van der Waals surface area contributed by atoms with Gasteiger partial charge in [-0.1, -0.05) is 12.1 Å². The van der Waals surface area contributed by atoms with Gasteiger partial charge in [0, 0.05) is 39.3 Å². The maximum Gasteiger partial charge on any atom is 0.261 e. The lowest BCUT2D eigenvalue weighted by molar-refractivity contribution is -0.141. The summed E-state index contributed by atoms with van der Waals surface area (Å²) in [7, 11) is 0. The van der Waals surface area contributed by atoms with Gasteiger partial charge in [-0.05, 0) is 25.0 Å². The molecule has 2 amide bonds. The fourth-order valence-electron chi connectivity index (χ4n) is 4.01. The summed E-state index contributed by atoms with van der Waals surface area (Å²) in [5.74, 6) is -0.150. The molecule has 1 aromatic heterocycles. The normalized spacial score (nSPS) is 20.4. The van der Waals surface area contributed by atoms with Crippen LogP contribution in [0.15, 0.2) is 35.4 Å². The number of nitrogens with zero attached hydrogens (tertiary/aromatic N) is 4. The molecule has 0 saturated carbocycles. The van der Waals surface area contributed by atoms with Crippen molar-refractivity contribution in [2.75, 3.05) is 39.3 Å². The minimum Gasteiger partial charge on any atom is -0.340 e. The van der Waals surface area contributed by atoms with E-state index in [1.807, 2.05) is 11.0 Å². The number of benzene rings is 1. The number of piperidine rings is 1. The van der Waals surface area contributed by atoms with Gasteiger partial charge in [0.1, 0.15) is 6.54 Å². The summed E-state index contributed by atoms with van der Waals surface area (Å²) in [6.45, 7) is 4.09. The number of hydrogen-bond donors (Lipinski definition) is 1. The lowest BCUT2D eigenvalue weighted by Crippen LogP contribution is -2.52. The van der Waals surface area contributed by atoms with E-state index >= 15 is 0 Å². The van der Waals surface area contributed by atoms with Crippen LogP contribution in [0.5, 0.6) is 0 Å². The van der Waals surface area contributed by atoms with Crippen LogP contribution in [0, 0.1) is 5.92 Å². The first-order valence-corrected chi connectivity index (χ1v) is 9.85. The van der Waals surface area contributed by atoms with Crippen molar-refractivity contribution < 1.29 is 9.59 Å². The van der Waals surface area contributed by atoms with Crippen molar-refractivity contribution in [3.63, 3.8) is 0 Å². The summed E-state index contributed by atoms with van der Waals surface area (Å²) < 4.78 is 1.35. The summed E-state index contributed by atoms with van der Waals surface area (Å²) in [6, 6.07) is 7.11. The minimum absolute atomic E-state index is 0.0504. The number of para-hydroxylation sites is 1. The molecule has 1 aromatic carbocycles. The van der Waals surface area contributed by atoms with Gasteiger partial charge in [-0.2, -0.15) is 0 Å². The Bertz CT molecular complexity index is 935. The molecule has 2 aliphatic heterocycles. The topological polar surface area (TPSA) is 87.5 Å². The third kappa shape index (κ3) is 3.77. The summed E-state index contributed by atoms with van der Waals surface area (Å²) in [4.78, 5) is 46.1. The van der Waals surface area contributed by atoms with Crippen LogP contribution in [-0.2, 0) is 16.1 Å². The molecular weight excluding hydrogens is 358 g/mol. The van der Waals surface area contributed by atoms with Gasteiger partial charge in [0.15, 0.2) is 0 Å². The van der Waals surface area contributed by atoms with Crippen LogP contribution in [0.25, 0.3) is 10.9 Å². The molecule has 8 nitrogen and oxygen atoms in total. The molecule has 2 saturated heterocycles. The highest BCUT2D eigenvalue weighted by atomic mass is 16.2. The highest BCUT2D eigenvalue weighted by Gasteiger charge is 2.31. The molecule has 0 spiro atoms. The van der Waals surface area contributed by atoms with E-state index in [1.54, 1.807) is 23.1 Å². The predicted octanol–water partition coefficient (Wildman–Crippen LogP) is 0.0669. The molecule has 1 N–H and O–H groups in total. The van der Waals surface area contributed by atoms with Gasteiger partial charge in [0.05, 0.1) is 23.1 Å². The molecule has 0 radical (unpaired) electrons. The van der Waals surface area contributed by atoms with Crippen LogP contribution in [0.4, 0.5) is 0 Å². The van der Waals surface area contributed by atoms with E-state index in [9.17, 15) is 14.4 Å². The number of hydrogen-bond acceptors (Lipinski definition) is 5. The molecular formula is C20H25N5O3. The summed E-state index contributed by atoms with van der Waals surface area (Å²) in [5.41, 5.74) is 0.403. The molecule has 28 heavy (non-hydrogen) atoms. The number of rotatable bonds is 3. The maximum atomic E-state index is 12.8. The lowest BCUT2D eigenvalue weighted by atomic mass is 9.96. The second-order valence-corrected chi connectivity index (χ2v) is 7.45. The first-order valence-electron chi connectivity index (χ1n) is 9.85. The first-order chi connectivity index (χ1) is 13.6. The molecule has 0 aliphatic carbocycles. The van der Waals surface area contributed by atoms with Crippen molar-refractivity contribution >= 4 is 22.7 Å². The highest BCUT2D eigenvalue weighted by molar-refractivity contribution is 5.82. The molecule has 4 rings (SSSR count). The molecule has 2 fully saturated rings. The van der Waals surface area contributed by atoms with E-state index in [1.165, 1.54) is 10.9 Å². The van der Waals surface area contributed by atoms with Crippen molar-refractivity contribution in [2.24, 2.45) is 5.92 Å². The van der Waals surface area contributed by atoms with E-state index < -0.39 is 0 Å². The number of amides is 2. The number of nitrogens with one attached hydrogen (secondary N) is 1. The van der Waals surface area contributed by atoms with Gasteiger partial charge in [0.25, 0.3) is 5.56 Å². The molecule has 3 heterocycles. The van der Waals surface area contributed by atoms with Crippen molar-refractivity contribution in [3.8, 4) is 0 Å². The van der Waals surface area contributed by atoms with Crippen LogP contribution < -0.4 is 10.9 Å². The fourth-order valence-corrected chi connectivity index (χ4v) is 4.01. The van der Waals surface area contributed by atoms with E-state index in [0.717, 1.165) is 39.0 Å². The average Bonchev–Trinajstić information content (AvgIpc) is 2.76. The Balaban J connectivity index is 1.44. The zero-order chi connectivity index (χ0) is 19.5. The summed E-state index contributed by atoms with van der Waals surface area (Å²) in [5, 5.41) is 3.75. The number of carbonyl (C=O) groups is 2. The van der Waals surface area contributed by atoms with Crippen molar-refractivity contribution in [1.82, 2.24) is 24.7 Å². The fraction of sp³-hybridized carbons (Fsp3) is 0.500. The zero-order valence-electron chi connectivity index (χ0n) is 15.8. The van der Waals surface area contributed by atoms with Gasteiger partial charge in [-0.25, -0.2) is 4.98 Å². The highest BCUT2D eigenvalue weighted by Crippen LogP contribution is 2.19. The number of likely N-dealkylation sites (tertiary alicyclic amines) is 1. The third-order valence-electron chi connectivity index (χ3n) is 5.59. The Kier molecular flexibility index (Phi) is 5.38. The SMILES string of the molecule is O=C(Cn1cnc2ccccc2c1=O)N1CCCC(C(=O)N2CCNCC2)C1. The largest absolute Gasteiger partial charge is 0.340 e. The molecule has 148 valence electrons. The van der Waals surface area contributed by atoms with Gasteiger partial charge in [0.2, 0.25) is 11.8 Å². The Morgan fingerprint density at radius 3 is 2.71 bits per heavy atom. The van der Waals surface area contributed by atoms with E-state index in [4.69, 9.17) is 0 Å². The lowest BCUT2D eigenvalue weighted by Gasteiger charge is -2.36.